The second kappa shape index (κ2) is 9.76. The fraction of sp³-hybridized carbons (Fsp3) is 0.591. The lowest BCUT2D eigenvalue weighted by molar-refractivity contribution is -0.0905. The minimum absolute atomic E-state index is 0.0328. The summed E-state index contributed by atoms with van der Waals surface area (Å²) >= 11 is 0. The van der Waals surface area contributed by atoms with Crippen LogP contribution in [0.4, 0.5) is 10.5 Å². The van der Waals surface area contributed by atoms with Crippen LogP contribution in [0, 0.1) is 0 Å². The second-order valence-electron chi connectivity index (χ2n) is 8.52. The lowest BCUT2D eigenvalue weighted by Crippen LogP contribution is -2.52. The summed E-state index contributed by atoms with van der Waals surface area (Å²) in [5.74, 6) is 0. The highest BCUT2D eigenvalue weighted by Gasteiger charge is 2.36. The Morgan fingerprint density at radius 1 is 1.23 bits per heavy atom. The Balaban J connectivity index is 1.25. The van der Waals surface area contributed by atoms with Gasteiger partial charge in [-0.3, -0.25) is 4.68 Å². The maximum Gasteiger partial charge on any atom is 0.319 e. The van der Waals surface area contributed by atoms with Gasteiger partial charge in [-0.25, -0.2) is 4.79 Å². The van der Waals surface area contributed by atoms with Gasteiger partial charge in [-0.05, 0) is 44.2 Å². The SMILES string of the molecule is O=C(Nc1ccccc1)N[C@H]1CC[C@H](CCn2cc(C3(O)CCCC3)nn2)O[C@H]1CO. The highest BCUT2D eigenvalue weighted by molar-refractivity contribution is 5.89. The number of nitrogens with one attached hydrogen (secondary N) is 2. The van der Waals surface area contributed by atoms with Gasteiger partial charge in [0.1, 0.15) is 17.4 Å². The van der Waals surface area contributed by atoms with Crippen LogP contribution in [0.25, 0.3) is 0 Å². The zero-order valence-electron chi connectivity index (χ0n) is 17.6. The number of carbonyl (C=O) groups excluding carboxylic acids is 1. The van der Waals surface area contributed by atoms with Crippen molar-refractivity contribution in [3.8, 4) is 0 Å². The van der Waals surface area contributed by atoms with Crippen LogP contribution in [0.2, 0.25) is 0 Å². The Kier molecular flexibility index (Phi) is 6.84. The van der Waals surface area contributed by atoms with Gasteiger partial charge in [0.25, 0.3) is 0 Å². The predicted octanol–water partition coefficient (Wildman–Crippen LogP) is 2.16. The Bertz CT molecular complexity index is 853. The number of carbonyl (C=O) groups is 1. The Morgan fingerprint density at radius 3 is 2.74 bits per heavy atom. The number of urea groups is 1. The number of amides is 2. The molecule has 2 fully saturated rings. The van der Waals surface area contributed by atoms with Crippen molar-refractivity contribution in [1.29, 1.82) is 0 Å². The van der Waals surface area contributed by atoms with Crippen molar-refractivity contribution >= 4 is 11.7 Å². The van der Waals surface area contributed by atoms with Gasteiger partial charge in [0.05, 0.1) is 24.9 Å². The van der Waals surface area contributed by atoms with Crippen LogP contribution < -0.4 is 10.6 Å². The molecule has 2 amide bonds. The lowest BCUT2D eigenvalue weighted by atomic mass is 9.97. The summed E-state index contributed by atoms with van der Waals surface area (Å²) in [4.78, 5) is 12.3. The van der Waals surface area contributed by atoms with Crippen molar-refractivity contribution in [3.63, 3.8) is 0 Å². The predicted molar refractivity (Wildman–Crippen MR) is 114 cm³/mol. The monoisotopic (exact) mass is 429 g/mol. The van der Waals surface area contributed by atoms with Gasteiger partial charge in [-0.15, -0.1) is 5.10 Å². The number of rotatable bonds is 7. The molecule has 0 unspecified atom stereocenters. The fourth-order valence-corrected chi connectivity index (χ4v) is 4.48. The smallest absolute Gasteiger partial charge is 0.319 e. The van der Waals surface area contributed by atoms with E-state index in [0.29, 0.717) is 17.9 Å². The molecule has 0 spiro atoms. The van der Waals surface area contributed by atoms with Gasteiger partial charge in [-0.2, -0.15) is 0 Å². The fourth-order valence-electron chi connectivity index (χ4n) is 4.48. The van der Waals surface area contributed by atoms with Gasteiger partial charge in [0, 0.05) is 12.2 Å². The molecule has 2 aliphatic rings. The molecule has 1 saturated heterocycles. The zero-order chi connectivity index (χ0) is 21.7. The number of hydrogen-bond donors (Lipinski definition) is 4. The first-order valence-corrected chi connectivity index (χ1v) is 11.1. The van der Waals surface area contributed by atoms with E-state index in [0.717, 1.165) is 44.9 Å². The Labute approximate surface area is 181 Å². The first-order chi connectivity index (χ1) is 15.1. The van der Waals surface area contributed by atoms with E-state index in [-0.39, 0.29) is 24.8 Å². The average Bonchev–Trinajstić information content (AvgIpc) is 3.44. The Morgan fingerprint density at radius 2 is 2.00 bits per heavy atom. The summed E-state index contributed by atoms with van der Waals surface area (Å²) in [5.41, 5.74) is 0.530. The van der Waals surface area contributed by atoms with Gasteiger partial charge in [-0.1, -0.05) is 36.3 Å². The molecule has 1 aromatic heterocycles. The maximum atomic E-state index is 12.3. The highest BCUT2D eigenvalue weighted by atomic mass is 16.5. The van der Waals surface area contributed by atoms with Crippen molar-refractivity contribution in [1.82, 2.24) is 20.3 Å². The van der Waals surface area contributed by atoms with E-state index in [9.17, 15) is 15.0 Å². The van der Waals surface area contributed by atoms with Crippen molar-refractivity contribution in [3.05, 3.63) is 42.2 Å². The maximum absolute atomic E-state index is 12.3. The summed E-state index contributed by atoms with van der Waals surface area (Å²) in [6, 6.07) is 8.67. The van der Waals surface area contributed by atoms with E-state index in [1.54, 1.807) is 4.68 Å². The minimum Gasteiger partial charge on any atom is -0.394 e. The van der Waals surface area contributed by atoms with Crippen LogP contribution in [0.15, 0.2) is 36.5 Å². The van der Waals surface area contributed by atoms with Crippen molar-refractivity contribution in [2.24, 2.45) is 0 Å². The van der Waals surface area contributed by atoms with E-state index >= 15 is 0 Å². The van der Waals surface area contributed by atoms with Crippen LogP contribution in [0.5, 0.6) is 0 Å². The average molecular weight is 430 g/mol. The van der Waals surface area contributed by atoms with Crippen LogP contribution in [-0.4, -0.2) is 56.1 Å². The molecule has 1 saturated carbocycles. The van der Waals surface area contributed by atoms with Gasteiger partial charge >= 0.3 is 6.03 Å². The molecule has 168 valence electrons. The number of nitrogens with zero attached hydrogens (tertiary/aromatic N) is 3. The molecule has 31 heavy (non-hydrogen) atoms. The molecule has 0 radical (unpaired) electrons. The number of benzene rings is 1. The standard InChI is InChI=1S/C22H31N5O4/c28-15-19-18(24-21(29)23-16-6-2-1-3-7-16)9-8-17(31-19)10-13-27-14-20(25-26-27)22(30)11-4-5-12-22/h1-3,6-7,14,17-19,28,30H,4-5,8-13,15H2,(H2,23,24,29)/t17-,18+,19+/m1/s1. The van der Waals surface area contributed by atoms with Gasteiger partial charge in [0.15, 0.2) is 0 Å². The van der Waals surface area contributed by atoms with Gasteiger partial charge < -0.3 is 25.6 Å². The number of aryl methyl sites for hydroxylation is 1. The van der Waals surface area contributed by atoms with Crippen molar-refractivity contribution in [2.45, 2.75) is 75.3 Å². The molecule has 2 aromatic rings. The van der Waals surface area contributed by atoms with Crippen LogP contribution in [-0.2, 0) is 16.9 Å². The summed E-state index contributed by atoms with van der Waals surface area (Å²) in [5, 5.41) is 34.5. The number of ether oxygens (including phenoxy) is 1. The number of para-hydroxylation sites is 1. The van der Waals surface area contributed by atoms with E-state index in [1.165, 1.54) is 0 Å². The summed E-state index contributed by atoms with van der Waals surface area (Å²) in [6.45, 7) is 0.464. The first kappa shape index (κ1) is 21.7. The zero-order valence-corrected chi connectivity index (χ0v) is 17.6. The van der Waals surface area contributed by atoms with Gasteiger partial charge in [0.2, 0.25) is 0 Å². The van der Waals surface area contributed by atoms with E-state index in [2.05, 4.69) is 20.9 Å². The summed E-state index contributed by atoms with van der Waals surface area (Å²) in [6.07, 6.45) is 7.07. The Hall–Kier alpha value is -2.49. The van der Waals surface area contributed by atoms with Crippen LogP contribution in [0.1, 0.15) is 50.6 Å². The number of aliphatic hydroxyl groups is 2. The van der Waals surface area contributed by atoms with Crippen molar-refractivity contribution in [2.75, 3.05) is 11.9 Å². The minimum atomic E-state index is -0.833. The molecule has 9 heteroatoms. The van der Waals surface area contributed by atoms with Crippen LogP contribution >= 0.6 is 0 Å². The van der Waals surface area contributed by atoms with E-state index in [4.69, 9.17) is 4.74 Å². The van der Waals surface area contributed by atoms with Crippen molar-refractivity contribution < 1.29 is 19.7 Å². The molecule has 4 N–H and O–H groups in total. The largest absolute Gasteiger partial charge is 0.394 e. The number of aromatic nitrogens is 3. The highest BCUT2D eigenvalue weighted by Crippen LogP contribution is 2.37. The molecule has 1 aromatic carbocycles. The second-order valence-corrected chi connectivity index (χ2v) is 8.52. The van der Waals surface area contributed by atoms with Crippen LogP contribution in [0.3, 0.4) is 0 Å². The molecule has 9 nitrogen and oxygen atoms in total. The molecule has 0 bridgehead atoms. The molecule has 1 aliphatic carbocycles. The number of anilines is 1. The third-order valence-electron chi connectivity index (χ3n) is 6.27. The third kappa shape index (κ3) is 5.41. The van der Waals surface area contributed by atoms with E-state index in [1.807, 2.05) is 36.5 Å². The molecule has 2 heterocycles. The number of aliphatic hydroxyl groups excluding tert-OH is 1. The summed E-state index contributed by atoms with van der Waals surface area (Å²) < 4.78 is 7.79. The molecular weight excluding hydrogens is 398 g/mol. The topological polar surface area (TPSA) is 122 Å². The quantitative estimate of drug-likeness (QED) is 0.535. The molecule has 1 aliphatic heterocycles. The molecule has 4 rings (SSSR count). The first-order valence-electron chi connectivity index (χ1n) is 11.1. The van der Waals surface area contributed by atoms with E-state index < -0.39 is 11.7 Å². The number of hydrogen-bond acceptors (Lipinski definition) is 6. The molecular formula is C22H31N5O4. The lowest BCUT2D eigenvalue weighted by Gasteiger charge is -2.36. The molecule has 3 atom stereocenters. The normalized spacial score (nSPS) is 25.3. The third-order valence-corrected chi connectivity index (χ3v) is 6.27. The summed E-state index contributed by atoms with van der Waals surface area (Å²) in [7, 11) is 0.